The van der Waals surface area contributed by atoms with Crippen LogP contribution in [0.1, 0.15) is 24.9 Å². The van der Waals surface area contributed by atoms with Crippen LogP contribution in [0.2, 0.25) is 0 Å². The molecule has 0 bridgehead atoms. The van der Waals surface area contributed by atoms with E-state index in [0.717, 1.165) is 12.1 Å². The Morgan fingerprint density at radius 2 is 1.92 bits per heavy atom. The Morgan fingerprint density at radius 3 is 2.60 bits per heavy atom. The number of halogens is 2. The Bertz CT molecular complexity index is 783. The molecule has 2 aromatic rings. The number of carbonyl (C=O) groups excluding carboxylic acids is 1. The van der Waals surface area contributed by atoms with Gasteiger partial charge in [0, 0.05) is 19.0 Å². The lowest BCUT2D eigenvalue weighted by Crippen LogP contribution is -2.28. The third kappa shape index (κ3) is 4.97. The highest BCUT2D eigenvalue weighted by Gasteiger charge is 2.14. The quantitative estimate of drug-likeness (QED) is 0.591. The molecule has 0 aliphatic heterocycles. The highest BCUT2D eigenvalue weighted by Crippen LogP contribution is 2.23. The molecule has 8 heteroatoms. The summed E-state index contributed by atoms with van der Waals surface area (Å²) >= 11 is 0. The lowest BCUT2D eigenvalue weighted by molar-refractivity contribution is -0.384. The molecule has 0 radical (unpaired) electrons. The first-order valence-electron chi connectivity index (χ1n) is 7.60. The molecule has 1 amide bonds. The van der Waals surface area contributed by atoms with Crippen LogP contribution in [0.5, 0.6) is 0 Å². The highest BCUT2D eigenvalue weighted by molar-refractivity contribution is 5.77. The molecule has 6 nitrogen and oxygen atoms in total. The molecule has 25 heavy (non-hydrogen) atoms. The summed E-state index contributed by atoms with van der Waals surface area (Å²) in [5, 5.41) is 16.4. The fraction of sp³-hybridized carbons (Fsp3) is 0.235. The van der Waals surface area contributed by atoms with E-state index in [-0.39, 0.29) is 24.6 Å². The van der Waals surface area contributed by atoms with Crippen molar-refractivity contribution in [2.75, 3.05) is 11.9 Å². The van der Waals surface area contributed by atoms with Crippen molar-refractivity contribution in [1.82, 2.24) is 5.32 Å². The van der Waals surface area contributed by atoms with Gasteiger partial charge in [0.05, 0.1) is 11.0 Å². The van der Waals surface area contributed by atoms with Crippen LogP contribution >= 0.6 is 0 Å². The van der Waals surface area contributed by atoms with E-state index in [9.17, 15) is 23.7 Å². The van der Waals surface area contributed by atoms with E-state index in [0.29, 0.717) is 11.3 Å². The Kier molecular flexibility index (Phi) is 5.99. The van der Waals surface area contributed by atoms with Gasteiger partial charge in [-0.2, -0.15) is 0 Å². The minimum atomic E-state index is -0.975. The molecule has 0 aromatic heterocycles. The molecule has 2 N–H and O–H groups in total. The average molecular weight is 349 g/mol. The number of rotatable bonds is 7. The summed E-state index contributed by atoms with van der Waals surface area (Å²) in [6.45, 7) is 1.85. The number of hydrogen-bond donors (Lipinski definition) is 2. The number of nitrogens with one attached hydrogen (secondary N) is 2. The molecule has 132 valence electrons. The lowest BCUT2D eigenvalue weighted by Gasteiger charge is -2.15. The van der Waals surface area contributed by atoms with Gasteiger partial charge >= 0.3 is 0 Å². The molecule has 0 aliphatic rings. The molecule has 0 saturated heterocycles. The van der Waals surface area contributed by atoms with Crippen LogP contribution in [0.3, 0.4) is 0 Å². The van der Waals surface area contributed by atoms with Gasteiger partial charge in [-0.25, -0.2) is 8.78 Å². The van der Waals surface area contributed by atoms with Crippen molar-refractivity contribution in [2.45, 2.75) is 19.4 Å². The fourth-order valence-electron chi connectivity index (χ4n) is 2.27. The first kappa shape index (κ1) is 18.3. The number of anilines is 1. The molecule has 0 unspecified atom stereocenters. The largest absolute Gasteiger partial charge is 0.379 e. The maximum Gasteiger partial charge on any atom is 0.292 e. The number of benzene rings is 2. The fourth-order valence-corrected chi connectivity index (χ4v) is 2.27. The van der Waals surface area contributed by atoms with Crippen LogP contribution in [0.15, 0.2) is 42.5 Å². The Morgan fingerprint density at radius 1 is 1.20 bits per heavy atom. The Balaban J connectivity index is 1.86. The summed E-state index contributed by atoms with van der Waals surface area (Å²) in [5.41, 5.74) is 0.700. The summed E-state index contributed by atoms with van der Waals surface area (Å²) in [5.74, 6) is -2.24. The van der Waals surface area contributed by atoms with Gasteiger partial charge in [-0.1, -0.05) is 18.2 Å². The summed E-state index contributed by atoms with van der Waals surface area (Å²) in [6, 6.07) is 9.08. The number of hydrogen-bond acceptors (Lipinski definition) is 4. The first-order valence-corrected chi connectivity index (χ1v) is 7.60. The van der Waals surface area contributed by atoms with Gasteiger partial charge in [-0.05, 0) is 30.7 Å². The maximum atomic E-state index is 13.2. The zero-order valence-electron chi connectivity index (χ0n) is 13.5. The monoisotopic (exact) mass is 349 g/mol. The summed E-state index contributed by atoms with van der Waals surface area (Å²) in [6.07, 6.45) is 0.0695. The van der Waals surface area contributed by atoms with Crippen molar-refractivity contribution < 1.29 is 18.5 Å². The zero-order chi connectivity index (χ0) is 18.4. The van der Waals surface area contributed by atoms with Gasteiger partial charge in [0.25, 0.3) is 5.69 Å². The molecule has 0 heterocycles. The number of carbonyl (C=O) groups is 1. The van der Waals surface area contributed by atoms with Crippen LogP contribution in [0.25, 0.3) is 0 Å². The van der Waals surface area contributed by atoms with Crippen LogP contribution in [-0.4, -0.2) is 17.4 Å². The van der Waals surface area contributed by atoms with Crippen molar-refractivity contribution in [2.24, 2.45) is 0 Å². The molecule has 2 rings (SSSR count). The molecule has 0 saturated carbocycles. The van der Waals surface area contributed by atoms with Crippen LogP contribution in [0, 0.1) is 21.7 Å². The molecular formula is C17H17F2N3O3. The SMILES string of the molecule is C[C@@H](NC(=O)CCNc1ccccc1[N+](=O)[O-])c1ccc(F)c(F)c1. The smallest absolute Gasteiger partial charge is 0.292 e. The van der Waals surface area contributed by atoms with Crippen LogP contribution in [-0.2, 0) is 4.79 Å². The van der Waals surface area contributed by atoms with Gasteiger partial charge in [-0.3, -0.25) is 14.9 Å². The van der Waals surface area contributed by atoms with Crippen LogP contribution < -0.4 is 10.6 Å². The maximum absolute atomic E-state index is 13.2. The second-order valence-electron chi connectivity index (χ2n) is 5.41. The predicted molar refractivity (Wildman–Crippen MR) is 89.1 cm³/mol. The normalized spacial score (nSPS) is 11.6. The molecule has 2 aromatic carbocycles. The van der Waals surface area contributed by atoms with Gasteiger partial charge in [0.2, 0.25) is 5.91 Å². The van der Waals surface area contributed by atoms with Gasteiger partial charge in [0.1, 0.15) is 5.69 Å². The van der Waals surface area contributed by atoms with E-state index in [2.05, 4.69) is 10.6 Å². The topological polar surface area (TPSA) is 84.3 Å². The second kappa shape index (κ2) is 8.18. The van der Waals surface area contributed by atoms with Crippen LogP contribution in [0.4, 0.5) is 20.2 Å². The zero-order valence-corrected chi connectivity index (χ0v) is 13.5. The van der Waals surface area contributed by atoms with Crippen molar-refractivity contribution in [3.05, 3.63) is 69.8 Å². The van der Waals surface area contributed by atoms with Crippen molar-refractivity contribution in [3.8, 4) is 0 Å². The van der Waals surface area contributed by atoms with Gasteiger partial charge in [0.15, 0.2) is 11.6 Å². The number of nitro groups is 1. The van der Waals surface area contributed by atoms with Crippen molar-refractivity contribution >= 4 is 17.3 Å². The lowest BCUT2D eigenvalue weighted by atomic mass is 10.1. The first-order chi connectivity index (χ1) is 11.9. The molecule has 0 fully saturated rings. The predicted octanol–water partition coefficient (Wildman–Crippen LogP) is 3.55. The van der Waals surface area contributed by atoms with E-state index < -0.39 is 22.6 Å². The number of para-hydroxylation sites is 2. The minimum Gasteiger partial charge on any atom is -0.379 e. The molecule has 1 atom stereocenters. The third-order valence-corrected chi connectivity index (χ3v) is 3.59. The van der Waals surface area contributed by atoms with E-state index in [1.165, 1.54) is 12.1 Å². The molecular weight excluding hydrogens is 332 g/mol. The minimum absolute atomic E-state index is 0.0695. The highest BCUT2D eigenvalue weighted by atomic mass is 19.2. The van der Waals surface area contributed by atoms with E-state index in [1.54, 1.807) is 25.1 Å². The molecule has 0 spiro atoms. The van der Waals surface area contributed by atoms with Gasteiger partial charge < -0.3 is 10.6 Å². The Labute approximate surface area is 143 Å². The summed E-state index contributed by atoms with van der Waals surface area (Å²) in [7, 11) is 0. The number of nitro benzene ring substituents is 1. The standard InChI is InChI=1S/C17H17F2N3O3/c1-11(12-6-7-13(18)14(19)10-12)21-17(23)8-9-20-15-4-2-3-5-16(15)22(24)25/h2-7,10-11,20H,8-9H2,1H3,(H,21,23)/t11-/m1/s1. The second-order valence-corrected chi connectivity index (χ2v) is 5.41. The van der Waals surface area contributed by atoms with Gasteiger partial charge in [-0.15, -0.1) is 0 Å². The average Bonchev–Trinajstić information content (AvgIpc) is 2.57. The van der Waals surface area contributed by atoms with Crippen molar-refractivity contribution in [1.29, 1.82) is 0 Å². The van der Waals surface area contributed by atoms with E-state index >= 15 is 0 Å². The number of nitrogens with zero attached hydrogens (tertiary/aromatic N) is 1. The summed E-state index contributed by atoms with van der Waals surface area (Å²) < 4.78 is 26.1. The third-order valence-electron chi connectivity index (χ3n) is 3.59. The number of amides is 1. The van der Waals surface area contributed by atoms with Crippen molar-refractivity contribution in [3.63, 3.8) is 0 Å². The molecule has 0 aliphatic carbocycles. The Hall–Kier alpha value is -3.03. The van der Waals surface area contributed by atoms with E-state index in [1.807, 2.05) is 0 Å². The van der Waals surface area contributed by atoms with E-state index in [4.69, 9.17) is 0 Å². The summed E-state index contributed by atoms with van der Waals surface area (Å²) in [4.78, 5) is 22.3.